The van der Waals surface area contributed by atoms with Crippen LogP contribution in [0, 0.1) is 5.82 Å². The molecule has 2 aromatic heterocycles. The van der Waals surface area contributed by atoms with Gasteiger partial charge in [0.15, 0.2) is 0 Å². The standard InChI is InChI=1S/C18H21FN6O/c19-12-3-4-14-16(10-12)23-17(22-14)5-8-21-18(26)15-6-9-25(24-15)13-2-1-7-20-11-13/h3-4,6,9-10,13,20H,1-2,5,7-8,11H2,(H,21,26)(H,22,23). The molecule has 0 saturated carbocycles. The Bertz CT molecular complexity index is 911. The van der Waals surface area contributed by atoms with Crippen molar-refractivity contribution in [2.75, 3.05) is 19.6 Å². The lowest BCUT2D eigenvalue weighted by Gasteiger charge is -2.22. The average Bonchev–Trinajstić information content (AvgIpc) is 3.29. The van der Waals surface area contributed by atoms with Crippen molar-refractivity contribution in [3.8, 4) is 0 Å². The van der Waals surface area contributed by atoms with Crippen LogP contribution in [0.4, 0.5) is 4.39 Å². The lowest BCUT2D eigenvalue weighted by molar-refractivity contribution is 0.0947. The van der Waals surface area contributed by atoms with E-state index in [1.54, 1.807) is 12.1 Å². The lowest BCUT2D eigenvalue weighted by atomic mass is 10.1. The molecule has 136 valence electrons. The van der Waals surface area contributed by atoms with E-state index in [0.29, 0.717) is 41.6 Å². The molecule has 1 atom stereocenters. The van der Waals surface area contributed by atoms with Crippen LogP contribution in [0.15, 0.2) is 30.5 Å². The Morgan fingerprint density at radius 1 is 1.38 bits per heavy atom. The molecule has 0 radical (unpaired) electrons. The van der Waals surface area contributed by atoms with Gasteiger partial charge in [-0.15, -0.1) is 0 Å². The van der Waals surface area contributed by atoms with E-state index in [1.807, 2.05) is 10.9 Å². The summed E-state index contributed by atoms with van der Waals surface area (Å²) in [6.07, 6.45) is 4.59. The number of halogens is 1. The van der Waals surface area contributed by atoms with Crippen molar-refractivity contribution in [3.63, 3.8) is 0 Å². The van der Waals surface area contributed by atoms with Crippen LogP contribution in [0.1, 0.15) is 35.2 Å². The Hall–Kier alpha value is -2.74. The van der Waals surface area contributed by atoms with Crippen molar-refractivity contribution in [3.05, 3.63) is 47.8 Å². The fourth-order valence-electron chi connectivity index (χ4n) is 3.26. The van der Waals surface area contributed by atoms with Crippen molar-refractivity contribution in [1.29, 1.82) is 0 Å². The van der Waals surface area contributed by atoms with Crippen molar-refractivity contribution < 1.29 is 9.18 Å². The molecule has 0 aliphatic carbocycles. The number of rotatable bonds is 5. The lowest BCUT2D eigenvalue weighted by Crippen LogP contribution is -2.32. The molecule has 26 heavy (non-hydrogen) atoms. The van der Waals surface area contributed by atoms with Gasteiger partial charge in [0.25, 0.3) is 5.91 Å². The number of piperidine rings is 1. The van der Waals surface area contributed by atoms with E-state index in [1.165, 1.54) is 12.1 Å². The van der Waals surface area contributed by atoms with Crippen LogP contribution in [0.2, 0.25) is 0 Å². The number of hydrogen-bond acceptors (Lipinski definition) is 4. The van der Waals surface area contributed by atoms with Gasteiger partial charge in [0.2, 0.25) is 0 Å². The molecular weight excluding hydrogens is 335 g/mol. The first-order chi connectivity index (χ1) is 12.7. The molecule has 0 spiro atoms. The van der Waals surface area contributed by atoms with Crippen LogP contribution in [-0.4, -0.2) is 45.3 Å². The minimum atomic E-state index is -0.301. The van der Waals surface area contributed by atoms with E-state index in [0.717, 1.165) is 25.9 Å². The number of carbonyl (C=O) groups excluding carboxylic acids is 1. The van der Waals surface area contributed by atoms with Gasteiger partial charge in [-0.25, -0.2) is 9.37 Å². The second-order valence-corrected chi connectivity index (χ2v) is 6.53. The first-order valence-electron chi connectivity index (χ1n) is 8.87. The van der Waals surface area contributed by atoms with Crippen LogP contribution >= 0.6 is 0 Å². The molecule has 8 heteroatoms. The van der Waals surface area contributed by atoms with Crippen LogP contribution in [-0.2, 0) is 6.42 Å². The molecule has 1 fully saturated rings. The normalized spacial score (nSPS) is 17.5. The van der Waals surface area contributed by atoms with Gasteiger partial charge in [0.1, 0.15) is 17.3 Å². The van der Waals surface area contributed by atoms with Gasteiger partial charge in [-0.3, -0.25) is 9.48 Å². The summed E-state index contributed by atoms with van der Waals surface area (Å²) in [5, 5.41) is 10.6. The van der Waals surface area contributed by atoms with Crippen molar-refractivity contribution in [2.45, 2.75) is 25.3 Å². The number of carbonyl (C=O) groups is 1. The molecule has 1 unspecified atom stereocenters. The number of hydrogen-bond donors (Lipinski definition) is 3. The van der Waals surface area contributed by atoms with E-state index in [2.05, 4.69) is 25.7 Å². The Balaban J connectivity index is 1.32. The minimum absolute atomic E-state index is 0.199. The first-order valence-corrected chi connectivity index (χ1v) is 8.87. The number of nitrogens with zero attached hydrogens (tertiary/aromatic N) is 3. The molecule has 1 saturated heterocycles. The van der Waals surface area contributed by atoms with E-state index < -0.39 is 0 Å². The Kier molecular flexibility index (Phi) is 4.66. The second-order valence-electron chi connectivity index (χ2n) is 6.53. The van der Waals surface area contributed by atoms with Gasteiger partial charge in [-0.2, -0.15) is 5.10 Å². The third-order valence-corrected chi connectivity index (χ3v) is 4.63. The summed E-state index contributed by atoms with van der Waals surface area (Å²) in [6, 6.07) is 6.48. The zero-order valence-electron chi connectivity index (χ0n) is 14.3. The predicted molar refractivity (Wildman–Crippen MR) is 95.5 cm³/mol. The summed E-state index contributed by atoms with van der Waals surface area (Å²) in [7, 11) is 0. The third-order valence-electron chi connectivity index (χ3n) is 4.63. The number of imidazole rings is 1. The quantitative estimate of drug-likeness (QED) is 0.650. The van der Waals surface area contributed by atoms with Gasteiger partial charge in [-0.1, -0.05) is 0 Å². The van der Waals surface area contributed by atoms with Crippen LogP contribution in [0.25, 0.3) is 11.0 Å². The number of H-pyrrole nitrogens is 1. The maximum absolute atomic E-state index is 13.2. The molecule has 1 aliphatic rings. The highest BCUT2D eigenvalue weighted by Crippen LogP contribution is 2.16. The summed E-state index contributed by atoms with van der Waals surface area (Å²) in [6.45, 7) is 2.36. The van der Waals surface area contributed by atoms with Crippen LogP contribution in [0.3, 0.4) is 0 Å². The molecule has 1 amide bonds. The second kappa shape index (κ2) is 7.25. The van der Waals surface area contributed by atoms with Crippen LogP contribution < -0.4 is 10.6 Å². The highest BCUT2D eigenvalue weighted by atomic mass is 19.1. The first kappa shape index (κ1) is 16.7. The zero-order valence-corrected chi connectivity index (χ0v) is 14.3. The molecule has 3 aromatic rings. The molecule has 3 heterocycles. The van der Waals surface area contributed by atoms with Crippen molar-refractivity contribution in [1.82, 2.24) is 30.4 Å². The molecule has 1 aromatic carbocycles. The van der Waals surface area contributed by atoms with Gasteiger partial charge >= 0.3 is 0 Å². The predicted octanol–water partition coefficient (Wildman–Crippen LogP) is 1.80. The number of nitrogens with one attached hydrogen (secondary N) is 3. The molecule has 7 nitrogen and oxygen atoms in total. The molecule has 3 N–H and O–H groups in total. The maximum atomic E-state index is 13.2. The molecule has 1 aliphatic heterocycles. The third kappa shape index (κ3) is 3.60. The summed E-state index contributed by atoms with van der Waals surface area (Å²) in [5.41, 5.74) is 1.79. The molecule has 4 rings (SSSR count). The number of benzene rings is 1. The molecular formula is C18H21FN6O. The van der Waals surface area contributed by atoms with Gasteiger partial charge < -0.3 is 15.6 Å². The fraction of sp³-hybridized carbons (Fsp3) is 0.389. The van der Waals surface area contributed by atoms with Crippen molar-refractivity contribution >= 4 is 16.9 Å². The summed E-state index contributed by atoms with van der Waals surface area (Å²) in [4.78, 5) is 19.7. The summed E-state index contributed by atoms with van der Waals surface area (Å²) >= 11 is 0. The van der Waals surface area contributed by atoms with Gasteiger partial charge in [0, 0.05) is 25.7 Å². The Labute approximate surface area is 150 Å². The number of aromatic nitrogens is 4. The molecule has 0 bridgehead atoms. The Morgan fingerprint density at radius 2 is 2.31 bits per heavy atom. The highest BCUT2D eigenvalue weighted by Gasteiger charge is 2.17. The van der Waals surface area contributed by atoms with E-state index in [4.69, 9.17) is 0 Å². The highest BCUT2D eigenvalue weighted by molar-refractivity contribution is 5.92. The monoisotopic (exact) mass is 356 g/mol. The van der Waals surface area contributed by atoms with Gasteiger partial charge in [0.05, 0.1) is 17.1 Å². The topological polar surface area (TPSA) is 87.6 Å². The Morgan fingerprint density at radius 3 is 3.15 bits per heavy atom. The fourth-order valence-corrected chi connectivity index (χ4v) is 3.26. The van der Waals surface area contributed by atoms with Crippen molar-refractivity contribution in [2.24, 2.45) is 0 Å². The summed E-state index contributed by atoms with van der Waals surface area (Å²) < 4.78 is 15.1. The van der Waals surface area contributed by atoms with Gasteiger partial charge in [-0.05, 0) is 43.7 Å². The largest absolute Gasteiger partial charge is 0.350 e. The van der Waals surface area contributed by atoms with E-state index in [-0.39, 0.29) is 11.7 Å². The van der Waals surface area contributed by atoms with E-state index in [9.17, 15) is 9.18 Å². The number of amides is 1. The van der Waals surface area contributed by atoms with E-state index >= 15 is 0 Å². The minimum Gasteiger partial charge on any atom is -0.350 e. The average molecular weight is 356 g/mol. The summed E-state index contributed by atoms with van der Waals surface area (Å²) in [5.74, 6) is 0.212. The smallest absolute Gasteiger partial charge is 0.271 e. The number of fused-ring (bicyclic) bond motifs is 1. The maximum Gasteiger partial charge on any atom is 0.271 e. The number of aromatic amines is 1. The van der Waals surface area contributed by atoms with Crippen LogP contribution in [0.5, 0.6) is 0 Å². The zero-order chi connectivity index (χ0) is 17.9. The SMILES string of the molecule is O=C(NCCc1nc2ccc(F)cc2[nH]1)c1ccn(C2CCCNC2)n1.